The van der Waals surface area contributed by atoms with E-state index < -0.39 is 16.0 Å². The van der Waals surface area contributed by atoms with Gasteiger partial charge in [0.05, 0.1) is 18.4 Å². The first-order valence-corrected chi connectivity index (χ1v) is 9.37. The lowest BCUT2D eigenvalue weighted by Gasteiger charge is -2.31. The molecule has 128 valence electrons. The van der Waals surface area contributed by atoms with Crippen molar-refractivity contribution in [1.29, 1.82) is 0 Å². The number of nitrogens with one attached hydrogen (secondary N) is 1. The fraction of sp³-hybridized carbons (Fsp3) is 0.562. The number of carbonyl (C=O) groups is 1. The number of ether oxygens (including phenoxy) is 1. The molecular formula is C16H24N2O4S. The largest absolute Gasteiger partial charge is 0.465 e. The molecule has 0 aromatic heterocycles. The van der Waals surface area contributed by atoms with Crippen LogP contribution >= 0.6 is 0 Å². The molecule has 7 heteroatoms. The van der Waals surface area contributed by atoms with Gasteiger partial charge in [-0.1, -0.05) is 12.1 Å². The summed E-state index contributed by atoms with van der Waals surface area (Å²) < 4.78 is 31.4. The van der Waals surface area contributed by atoms with Gasteiger partial charge in [0.2, 0.25) is 10.0 Å². The van der Waals surface area contributed by atoms with E-state index in [1.54, 1.807) is 28.6 Å². The van der Waals surface area contributed by atoms with Crippen molar-refractivity contribution in [2.75, 3.05) is 33.8 Å². The average molecular weight is 340 g/mol. The Kier molecular flexibility index (Phi) is 6.15. The number of nitrogens with zero attached hydrogens (tertiary/aromatic N) is 1. The zero-order chi connectivity index (χ0) is 16.9. The average Bonchev–Trinajstić information content (AvgIpc) is 2.55. The third-order valence-electron chi connectivity index (χ3n) is 4.16. The van der Waals surface area contributed by atoms with Crippen LogP contribution in [-0.4, -0.2) is 52.5 Å². The van der Waals surface area contributed by atoms with Crippen molar-refractivity contribution in [3.63, 3.8) is 0 Å². The summed E-state index contributed by atoms with van der Waals surface area (Å²) in [7, 11) is -0.142. The zero-order valence-electron chi connectivity index (χ0n) is 13.6. The quantitative estimate of drug-likeness (QED) is 0.789. The number of methoxy groups -OCH3 is 1. The van der Waals surface area contributed by atoms with E-state index in [-0.39, 0.29) is 5.75 Å². The van der Waals surface area contributed by atoms with Crippen LogP contribution < -0.4 is 5.32 Å². The molecule has 1 saturated heterocycles. The highest BCUT2D eigenvalue weighted by Gasteiger charge is 2.28. The monoisotopic (exact) mass is 340 g/mol. The molecule has 6 nitrogen and oxygen atoms in total. The van der Waals surface area contributed by atoms with Crippen LogP contribution in [-0.2, 0) is 20.5 Å². The summed E-state index contributed by atoms with van der Waals surface area (Å²) in [5, 5.41) is 3.14. The van der Waals surface area contributed by atoms with Gasteiger partial charge in [0.25, 0.3) is 0 Å². The summed E-state index contributed by atoms with van der Waals surface area (Å²) in [6, 6.07) is 6.59. The highest BCUT2D eigenvalue weighted by atomic mass is 32.2. The number of sulfonamides is 1. The third-order valence-corrected chi connectivity index (χ3v) is 6.01. The predicted molar refractivity (Wildman–Crippen MR) is 88.6 cm³/mol. The molecule has 0 bridgehead atoms. The summed E-state index contributed by atoms with van der Waals surface area (Å²) in [6.45, 7) is 2.05. The molecule has 0 amide bonds. The van der Waals surface area contributed by atoms with E-state index in [2.05, 4.69) is 10.1 Å². The molecule has 23 heavy (non-hydrogen) atoms. The molecule has 0 saturated carbocycles. The number of carbonyl (C=O) groups excluding carboxylic acids is 1. The molecule has 1 heterocycles. The first-order valence-electron chi connectivity index (χ1n) is 7.76. The Morgan fingerprint density at radius 3 is 2.65 bits per heavy atom. The number of esters is 1. The Bertz CT molecular complexity index is 637. The Hall–Kier alpha value is -1.44. The minimum Gasteiger partial charge on any atom is -0.465 e. The standard InChI is InChI=1S/C16H24N2O4S/c1-17-11-13-6-8-18(9-7-13)23(20,21)12-14-4-3-5-15(10-14)16(19)22-2/h3-5,10,13,17H,6-9,11-12H2,1-2H3. The van der Waals surface area contributed by atoms with Crippen molar-refractivity contribution in [3.05, 3.63) is 35.4 Å². The van der Waals surface area contributed by atoms with E-state index in [0.29, 0.717) is 30.1 Å². The van der Waals surface area contributed by atoms with Crippen molar-refractivity contribution < 1.29 is 17.9 Å². The molecule has 2 rings (SSSR count). The van der Waals surface area contributed by atoms with Gasteiger partial charge in [-0.15, -0.1) is 0 Å². The molecule has 1 aromatic rings. The lowest BCUT2D eigenvalue weighted by atomic mass is 9.98. The van der Waals surface area contributed by atoms with E-state index in [0.717, 1.165) is 19.4 Å². The topological polar surface area (TPSA) is 75.7 Å². The van der Waals surface area contributed by atoms with Crippen molar-refractivity contribution in [3.8, 4) is 0 Å². The zero-order valence-corrected chi connectivity index (χ0v) is 14.4. The van der Waals surface area contributed by atoms with Gasteiger partial charge in [-0.05, 0) is 50.0 Å². The molecule has 1 fully saturated rings. The summed E-state index contributed by atoms with van der Waals surface area (Å²) in [5.41, 5.74) is 0.971. The van der Waals surface area contributed by atoms with Gasteiger partial charge in [0, 0.05) is 13.1 Å². The maximum absolute atomic E-state index is 12.6. The number of hydrogen-bond donors (Lipinski definition) is 1. The van der Waals surface area contributed by atoms with Gasteiger partial charge in [-0.2, -0.15) is 0 Å². The first kappa shape index (κ1) is 17.9. The lowest BCUT2D eigenvalue weighted by molar-refractivity contribution is 0.0600. The smallest absolute Gasteiger partial charge is 0.337 e. The van der Waals surface area contributed by atoms with Gasteiger partial charge in [0.15, 0.2) is 0 Å². The van der Waals surface area contributed by atoms with Gasteiger partial charge >= 0.3 is 5.97 Å². The molecule has 1 aliphatic rings. The number of hydrogen-bond acceptors (Lipinski definition) is 5. The second-order valence-electron chi connectivity index (χ2n) is 5.85. The van der Waals surface area contributed by atoms with Crippen LogP contribution in [0.4, 0.5) is 0 Å². The highest BCUT2D eigenvalue weighted by molar-refractivity contribution is 7.88. The minimum atomic E-state index is -3.36. The molecule has 0 radical (unpaired) electrons. The second-order valence-corrected chi connectivity index (χ2v) is 7.82. The van der Waals surface area contributed by atoms with Crippen LogP contribution in [0.25, 0.3) is 0 Å². The van der Waals surface area contributed by atoms with Crippen LogP contribution in [0.2, 0.25) is 0 Å². The van der Waals surface area contributed by atoms with Crippen molar-refractivity contribution in [1.82, 2.24) is 9.62 Å². The normalized spacial score (nSPS) is 17.1. The molecule has 1 aliphatic heterocycles. The van der Waals surface area contributed by atoms with E-state index in [1.165, 1.54) is 7.11 Å². The minimum absolute atomic E-state index is 0.0888. The third kappa shape index (κ3) is 4.76. The number of piperidine rings is 1. The number of rotatable bonds is 6. The SMILES string of the molecule is CNCC1CCN(S(=O)(=O)Cc2cccc(C(=O)OC)c2)CC1. The van der Waals surface area contributed by atoms with Crippen LogP contribution in [0.3, 0.4) is 0 Å². The van der Waals surface area contributed by atoms with Crippen molar-refractivity contribution in [2.24, 2.45) is 5.92 Å². The molecule has 0 atom stereocenters. The van der Waals surface area contributed by atoms with Gasteiger partial charge < -0.3 is 10.1 Å². The molecule has 0 aliphatic carbocycles. The molecular weight excluding hydrogens is 316 g/mol. The summed E-state index contributed by atoms with van der Waals surface area (Å²) >= 11 is 0. The Balaban J connectivity index is 2.03. The van der Waals surface area contributed by atoms with Crippen molar-refractivity contribution >= 4 is 16.0 Å². The first-order chi connectivity index (χ1) is 11.0. The predicted octanol–water partition coefficient (Wildman–Crippen LogP) is 1.23. The van der Waals surface area contributed by atoms with Crippen LogP contribution in [0.5, 0.6) is 0 Å². The molecule has 0 unspecified atom stereocenters. The van der Waals surface area contributed by atoms with Gasteiger partial charge in [0.1, 0.15) is 0 Å². The fourth-order valence-electron chi connectivity index (χ4n) is 2.89. The van der Waals surface area contributed by atoms with E-state index in [1.807, 2.05) is 7.05 Å². The molecule has 1 aromatic carbocycles. The summed E-state index contributed by atoms with van der Waals surface area (Å²) in [4.78, 5) is 11.5. The van der Waals surface area contributed by atoms with E-state index in [4.69, 9.17) is 0 Å². The van der Waals surface area contributed by atoms with Gasteiger partial charge in [-0.25, -0.2) is 17.5 Å². The maximum atomic E-state index is 12.6. The second kappa shape index (κ2) is 7.90. The Morgan fingerprint density at radius 1 is 1.35 bits per heavy atom. The Morgan fingerprint density at radius 2 is 2.04 bits per heavy atom. The van der Waals surface area contributed by atoms with Gasteiger partial charge in [-0.3, -0.25) is 0 Å². The highest BCUT2D eigenvalue weighted by Crippen LogP contribution is 2.21. The Labute approximate surface area is 137 Å². The number of benzene rings is 1. The summed E-state index contributed by atoms with van der Waals surface area (Å²) in [5.74, 6) is -0.0135. The van der Waals surface area contributed by atoms with E-state index >= 15 is 0 Å². The fourth-order valence-corrected chi connectivity index (χ4v) is 4.44. The van der Waals surface area contributed by atoms with Crippen LogP contribution in [0.15, 0.2) is 24.3 Å². The maximum Gasteiger partial charge on any atom is 0.337 e. The molecule has 1 N–H and O–H groups in total. The van der Waals surface area contributed by atoms with Crippen LogP contribution in [0, 0.1) is 5.92 Å². The summed E-state index contributed by atoms with van der Waals surface area (Å²) in [6.07, 6.45) is 1.75. The lowest BCUT2D eigenvalue weighted by Crippen LogP contribution is -2.40. The molecule has 0 spiro atoms. The van der Waals surface area contributed by atoms with E-state index in [9.17, 15) is 13.2 Å². The van der Waals surface area contributed by atoms with Crippen LogP contribution in [0.1, 0.15) is 28.8 Å². The van der Waals surface area contributed by atoms with Crippen molar-refractivity contribution in [2.45, 2.75) is 18.6 Å².